The summed E-state index contributed by atoms with van der Waals surface area (Å²) in [5.74, 6) is -0.615. The van der Waals surface area contributed by atoms with Crippen molar-refractivity contribution in [3.63, 3.8) is 0 Å². The van der Waals surface area contributed by atoms with E-state index >= 15 is 0 Å². The predicted octanol–water partition coefficient (Wildman–Crippen LogP) is 3.45. The summed E-state index contributed by atoms with van der Waals surface area (Å²) in [6.07, 6.45) is 1.79. The van der Waals surface area contributed by atoms with Crippen LogP contribution in [0, 0.1) is 5.82 Å². The van der Waals surface area contributed by atoms with Crippen molar-refractivity contribution >= 4 is 38.4 Å². The summed E-state index contributed by atoms with van der Waals surface area (Å²) >= 11 is 1.30. The molecular weight excluding hydrogens is 411 g/mol. The van der Waals surface area contributed by atoms with E-state index in [9.17, 15) is 17.6 Å². The normalized spacial score (nSPS) is 24.0. The molecule has 2 aliphatic heterocycles. The highest BCUT2D eigenvalue weighted by molar-refractivity contribution is 8.16. The third kappa shape index (κ3) is 4.70. The molecule has 5 nitrogen and oxygen atoms in total. The van der Waals surface area contributed by atoms with Gasteiger partial charge in [-0.3, -0.25) is 4.79 Å². The van der Waals surface area contributed by atoms with Crippen molar-refractivity contribution in [2.24, 2.45) is 4.99 Å². The number of fused-ring (bicyclic) bond motifs is 1. The number of carbonyl (C=O) groups is 1. The molecule has 0 radical (unpaired) electrons. The van der Waals surface area contributed by atoms with Crippen LogP contribution in [0.4, 0.5) is 10.1 Å². The largest absolute Gasteiger partial charge is 0.315 e. The quantitative estimate of drug-likeness (QED) is 0.724. The summed E-state index contributed by atoms with van der Waals surface area (Å²) in [4.78, 5) is 18.5. The van der Waals surface area contributed by atoms with Crippen LogP contribution in [0.5, 0.6) is 0 Å². The molecule has 2 saturated heterocycles. The van der Waals surface area contributed by atoms with Crippen LogP contribution in [0.3, 0.4) is 0 Å². The van der Waals surface area contributed by atoms with Crippen LogP contribution in [-0.2, 0) is 21.1 Å². The monoisotopic (exact) mass is 432 g/mol. The van der Waals surface area contributed by atoms with Gasteiger partial charge in [0.05, 0.1) is 17.5 Å². The zero-order valence-corrected chi connectivity index (χ0v) is 17.3. The number of anilines is 1. The van der Waals surface area contributed by atoms with Gasteiger partial charge >= 0.3 is 0 Å². The lowest BCUT2D eigenvalue weighted by Gasteiger charge is -2.24. The lowest BCUT2D eigenvalue weighted by Crippen LogP contribution is -2.37. The summed E-state index contributed by atoms with van der Waals surface area (Å²) < 4.78 is 37.9. The van der Waals surface area contributed by atoms with Crippen LogP contribution < -0.4 is 4.90 Å². The molecular formula is C21H21FN2O3S2. The van der Waals surface area contributed by atoms with E-state index in [4.69, 9.17) is 0 Å². The molecule has 0 saturated carbocycles. The van der Waals surface area contributed by atoms with Crippen molar-refractivity contribution in [3.8, 4) is 0 Å². The molecule has 0 aromatic heterocycles. The first-order valence-electron chi connectivity index (χ1n) is 9.49. The summed E-state index contributed by atoms with van der Waals surface area (Å²) in [6.45, 7) is 0. The standard InChI is InChI=1S/C21H21FN2O3S2/c22-16-9-5-10-17(12-16)24-18-13-29(26,27)14-19(18)28-21(24)23-20(25)11-4-8-15-6-2-1-3-7-15/h1-3,5-7,9-10,12,18-19H,4,8,11,13-14H2/t18-,19-/m0/s1. The molecule has 152 valence electrons. The van der Waals surface area contributed by atoms with E-state index in [0.717, 1.165) is 6.42 Å². The minimum atomic E-state index is -3.15. The smallest absolute Gasteiger partial charge is 0.248 e. The second-order valence-corrected chi connectivity index (χ2v) is 10.6. The third-order valence-corrected chi connectivity index (χ3v) is 8.28. The van der Waals surface area contributed by atoms with Gasteiger partial charge in [-0.05, 0) is 36.6 Å². The molecule has 2 heterocycles. The van der Waals surface area contributed by atoms with Gasteiger partial charge in [-0.2, -0.15) is 4.99 Å². The van der Waals surface area contributed by atoms with Gasteiger partial charge in [0.15, 0.2) is 15.0 Å². The highest BCUT2D eigenvalue weighted by Crippen LogP contribution is 2.41. The van der Waals surface area contributed by atoms with Crippen molar-refractivity contribution < 1.29 is 17.6 Å². The van der Waals surface area contributed by atoms with Gasteiger partial charge in [0.25, 0.3) is 0 Å². The minimum Gasteiger partial charge on any atom is -0.315 e. The molecule has 0 bridgehead atoms. The van der Waals surface area contributed by atoms with Crippen molar-refractivity contribution in [2.45, 2.75) is 30.6 Å². The Balaban J connectivity index is 1.51. The van der Waals surface area contributed by atoms with Crippen molar-refractivity contribution in [2.75, 3.05) is 16.4 Å². The molecule has 2 aliphatic rings. The summed E-state index contributed by atoms with van der Waals surface area (Å²) in [7, 11) is -3.15. The predicted molar refractivity (Wildman–Crippen MR) is 115 cm³/mol. The van der Waals surface area contributed by atoms with E-state index in [1.165, 1.54) is 29.5 Å². The molecule has 0 spiro atoms. The number of halogens is 1. The van der Waals surface area contributed by atoms with Crippen LogP contribution in [0.15, 0.2) is 59.6 Å². The van der Waals surface area contributed by atoms with Crippen molar-refractivity contribution in [1.29, 1.82) is 0 Å². The molecule has 2 aromatic rings. The van der Waals surface area contributed by atoms with Crippen molar-refractivity contribution in [3.05, 3.63) is 66.0 Å². The molecule has 2 aromatic carbocycles. The van der Waals surface area contributed by atoms with Crippen LogP contribution in [0.25, 0.3) is 0 Å². The number of amidine groups is 1. The second-order valence-electron chi connectivity index (χ2n) is 7.28. The number of aliphatic imine (C=N–C) groups is 1. The van der Waals surface area contributed by atoms with Crippen LogP contribution >= 0.6 is 11.8 Å². The van der Waals surface area contributed by atoms with Gasteiger partial charge in [0.2, 0.25) is 5.91 Å². The maximum atomic E-state index is 13.8. The Morgan fingerprint density at radius 3 is 2.69 bits per heavy atom. The van der Waals surface area contributed by atoms with E-state index in [1.807, 2.05) is 30.3 Å². The van der Waals surface area contributed by atoms with E-state index in [1.54, 1.807) is 17.0 Å². The van der Waals surface area contributed by atoms with Crippen LogP contribution in [0.2, 0.25) is 0 Å². The van der Waals surface area contributed by atoms with Gasteiger partial charge in [-0.1, -0.05) is 48.2 Å². The second kappa shape index (κ2) is 8.28. The van der Waals surface area contributed by atoms with Gasteiger partial charge in [0, 0.05) is 17.4 Å². The zero-order valence-electron chi connectivity index (χ0n) is 15.7. The average Bonchev–Trinajstić information content (AvgIpc) is 3.13. The lowest BCUT2D eigenvalue weighted by molar-refractivity contribution is -0.117. The fourth-order valence-corrected chi connectivity index (χ4v) is 7.67. The molecule has 29 heavy (non-hydrogen) atoms. The number of rotatable bonds is 5. The van der Waals surface area contributed by atoms with E-state index in [0.29, 0.717) is 23.7 Å². The Morgan fingerprint density at radius 2 is 1.93 bits per heavy atom. The number of nitrogens with zero attached hydrogens (tertiary/aromatic N) is 2. The Labute approximate surface area is 173 Å². The topological polar surface area (TPSA) is 66.8 Å². The van der Waals surface area contributed by atoms with E-state index in [2.05, 4.69) is 4.99 Å². The van der Waals surface area contributed by atoms with Crippen molar-refractivity contribution in [1.82, 2.24) is 0 Å². The number of aryl methyl sites for hydroxylation is 1. The number of benzene rings is 2. The first kappa shape index (κ1) is 20.1. The molecule has 4 rings (SSSR count). The number of amides is 1. The zero-order chi connectivity index (χ0) is 20.4. The van der Waals surface area contributed by atoms with Gasteiger partial charge in [0.1, 0.15) is 5.82 Å². The number of hydrogen-bond donors (Lipinski definition) is 0. The summed E-state index contributed by atoms with van der Waals surface area (Å²) in [5.41, 5.74) is 1.70. The van der Waals surface area contributed by atoms with Gasteiger partial charge in [-0.15, -0.1) is 0 Å². The number of hydrogen-bond acceptors (Lipinski definition) is 4. The lowest BCUT2D eigenvalue weighted by atomic mass is 10.1. The number of thioether (sulfide) groups is 1. The third-order valence-electron chi connectivity index (χ3n) is 5.07. The first-order valence-corrected chi connectivity index (χ1v) is 12.2. The highest BCUT2D eigenvalue weighted by Gasteiger charge is 2.49. The Kier molecular flexibility index (Phi) is 5.74. The molecule has 2 fully saturated rings. The SMILES string of the molecule is O=C(CCCc1ccccc1)N=C1S[C@H]2CS(=O)(=O)C[C@@H]2N1c1cccc(F)c1. The minimum absolute atomic E-state index is 0.0115. The summed E-state index contributed by atoms with van der Waals surface area (Å²) in [5, 5.41) is 0.268. The number of carbonyl (C=O) groups excluding carboxylic acids is 1. The molecule has 0 aliphatic carbocycles. The molecule has 2 atom stereocenters. The molecule has 0 unspecified atom stereocenters. The maximum absolute atomic E-state index is 13.8. The van der Waals surface area contributed by atoms with E-state index in [-0.39, 0.29) is 28.7 Å². The Morgan fingerprint density at radius 1 is 1.14 bits per heavy atom. The highest BCUT2D eigenvalue weighted by atomic mass is 32.2. The van der Waals surface area contributed by atoms with Crippen LogP contribution in [-0.4, -0.2) is 42.3 Å². The maximum Gasteiger partial charge on any atom is 0.248 e. The first-order chi connectivity index (χ1) is 13.9. The van der Waals surface area contributed by atoms with Gasteiger partial charge < -0.3 is 4.90 Å². The Hall–Kier alpha value is -2.19. The summed E-state index contributed by atoms with van der Waals surface area (Å²) in [6, 6.07) is 15.6. The van der Waals surface area contributed by atoms with Gasteiger partial charge in [-0.25, -0.2) is 12.8 Å². The fraction of sp³-hybridized carbons (Fsp3) is 0.333. The van der Waals surface area contributed by atoms with E-state index < -0.39 is 15.7 Å². The Bertz CT molecular complexity index is 1040. The molecule has 8 heteroatoms. The molecule has 0 N–H and O–H groups in total. The average molecular weight is 433 g/mol. The molecule has 1 amide bonds. The fourth-order valence-electron chi connectivity index (χ4n) is 3.74. The number of sulfone groups is 1. The van der Waals surface area contributed by atoms with Crippen LogP contribution in [0.1, 0.15) is 18.4 Å².